The van der Waals surface area contributed by atoms with Crippen molar-refractivity contribution in [2.45, 2.75) is 46.0 Å². The molecule has 2 atom stereocenters. The first-order valence-electron chi connectivity index (χ1n) is 7.33. The van der Waals surface area contributed by atoms with Gasteiger partial charge in [0.1, 0.15) is 0 Å². The molecule has 1 saturated carbocycles. The van der Waals surface area contributed by atoms with Gasteiger partial charge in [0.25, 0.3) is 0 Å². The van der Waals surface area contributed by atoms with Crippen molar-refractivity contribution in [3.05, 3.63) is 11.4 Å². The molecule has 0 spiro atoms. The maximum Gasteiger partial charge on any atom is 0.335 e. The summed E-state index contributed by atoms with van der Waals surface area (Å²) in [4.78, 5) is 4.45. The molecule has 1 aliphatic carbocycles. The van der Waals surface area contributed by atoms with Crippen molar-refractivity contribution in [2.75, 3.05) is 13.2 Å². The molecule has 2 rings (SSSR count). The van der Waals surface area contributed by atoms with Crippen molar-refractivity contribution < 1.29 is 4.74 Å². The highest BCUT2D eigenvalue weighted by atomic mass is 16.5. The van der Waals surface area contributed by atoms with Crippen LogP contribution in [0.5, 0.6) is 6.01 Å². The van der Waals surface area contributed by atoms with Crippen LogP contribution in [0, 0.1) is 11.8 Å². The Labute approximate surface area is 115 Å². The predicted molar refractivity (Wildman–Crippen MR) is 74.0 cm³/mol. The van der Waals surface area contributed by atoms with E-state index in [4.69, 9.17) is 10.5 Å². The average Bonchev–Trinajstić information content (AvgIpc) is 2.92. The first-order chi connectivity index (χ1) is 9.28. The second-order valence-corrected chi connectivity index (χ2v) is 5.19. The minimum Gasteiger partial charge on any atom is -0.462 e. The van der Waals surface area contributed by atoms with Gasteiger partial charge in [0, 0.05) is 0 Å². The van der Waals surface area contributed by atoms with E-state index in [1.165, 1.54) is 19.3 Å². The predicted octanol–water partition coefficient (Wildman–Crippen LogP) is 1.75. The van der Waals surface area contributed by atoms with E-state index in [0.29, 0.717) is 24.5 Å². The van der Waals surface area contributed by atoms with Crippen LogP contribution in [0.4, 0.5) is 0 Å². The average molecular weight is 264 g/mol. The Balaban J connectivity index is 1.96. The number of rotatable bonds is 6. The zero-order chi connectivity index (χ0) is 13.7. The van der Waals surface area contributed by atoms with Gasteiger partial charge in [-0.3, -0.25) is 0 Å². The van der Waals surface area contributed by atoms with Crippen LogP contribution in [0.15, 0.2) is 0 Å². The molecular formula is C14H24N4O. The molecule has 1 heterocycles. The second-order valence-electron chi connectivity index (χ2n) is 5.19. The summed E-state index contributed by atoms with van der Waals surface area (Å²) in [7, 11) is 0. The highest BCUT2D eigenvalue weighted by molar-refractivity contribution is 5.11. The maximum absolute atomic E-state index is 5.78. The quantitative estimate of drug-likeness (QED) is 0.847. The van der Waals surface area contributed by atoms with E-state index in [0.717, 1.165) is 30.8 Å². The fourth-order valence-corrected chi connectivity index (χ4v) is 2.81. The van der Waals surface area contributed by atoms with Crippen LogP contribution in [-0.2, 0) is 12.8 Å². The SMILES string of the molecule is CCc1nnc(OCC2CCCC2CN)nc1CC. The van der Waals surface area contributed by atoms with Gasteiger partial charge in [-0.1, -0.05) is 25.4 Å². The normalized spacial score (nSPS) is 22.7. The molecule has 0 radical (unpaired) electrons. The summed E-state index contributed by atoms with van der Waals surface area (Å²) in [6, 6.07) is 0.414. The molecule has 2 unspecified atom stereocenters. The lowest BCUT2D eigenvalue weighted by Crippen LogP contribution is -2.24. The minimum atomic E-state index is 0.414. The third-order valence-corrected chi connectivity index (χ3v) is 4.04. The number of nitrogens with two attached hydrogens (primary N) is 1. The zero-order valence-corrected chi connectivity index (χ0v) is 11.9. The van der Waals surface area contributed by atoms with Gasteiger partial charge in [-0.25, -0.2) is 0 Å². The molecule has 1 aliphatic rings. The number of aromatic nitrogens is 3. The molecule has 0 saturated heterocycles. The van der Waals surface area contributed by atoms with E-state index in [2.05, 4.69) is 29.0 Å². The molecule has 0 aromatic carbocycles. The largest absolute Gasteiger partial charge is 0.462 e. The zero-order valence-electron chi connectivity index (χ0n) is 11.9. The van der Waals surface area contributed by atoms with Crippen LogP contribution in [0.25, 0.3) is 0 Å². The van der Waals surface area contributed by atoms with Crippen molar-refractivity contribution in [3.8, 4) is 6.01 Å². The van der Waals surface area contributed by atoms with E-state index < -0.39 is 0 Å². The van der Waals surface area contributed by atoms with Gasteiger partial charge < -0.3 is 10.5 Å². The standard InChI is InChI=1S/C14H24N4O/c1-3-12-13(4-2)17-18-14(16-12)19-9-11-7-5-6-10(11)8-15/h10-11H,3-9,15H2,1-2H3. The molecule has 5 nitrogen and oxygen atoms in total. The second kappa shape index (κ2) is 6.80. The van der Waals surface area contributed by atoms with Crippen LogP contribution < -0.4 is 10.5 Å². The Hall–Kier alpha value is -1.23. The van der Waals surface area contributed by atoms with Gasteiger partial charge in [-0.05, 0) is 44.1 Å². The third-order valence-electron chi connectivity index (χ3n) is 4.04. The summed E-state index contributed by atoms with van der Waals surface area (Å²) < 4.78 is 5.72. The topological polar surface area (TPSA) is 73.9 Å². The van der Waals surface area contributed by atoms with E-state index in [-0.39, 0.29) is 0 Å². The molecular weight excluding hydrogens is 240 g/mol. The van der Waals surface area contributed by atoms with Gasteiger partial charge in [0.15, 0.2) is 0 Å². The Morgan fingerprint density at radius 2 is 1.84 bits per heavy atom. The molecule has 1 aromatic heterocycles. The highest BCUT2D eigenvalue weighted by Crippen LogP contribution is 2.31. The Morgan fingerprint density at radius 3 is 2.53 bits per heavy atom. The Morgan fingerprint density at radius 1 is 1.11 bits per heavy atom. The number of aryl methyl sites for hydroxylation is 2. The monoisotopic (exact) mass is 264 g/mol. The van der Waals surface area contributed by atoms with Crippen molar-refractivity contribution in [1.29, 1.82) is 0 Å². The molecule has 0 aliphatic heterocycles. The first kappa shape index (κ1) is 14.2. The van der Waals surface area contributed by atoms with E-state index >= 15 is 0 Å². The van der Waals surface area contributed by atoms with Crippen molar-refractivity contribution in [1.82, 2.24) is 15.2 Å². The lowest BCUT2D eigenvalue weighted by atomic mass is 9.97. The van der Waals surface area contributed by atoms with E-state index in [1.54, 1.807) is 0 Å². The number of ether oxygens (including phenoxy) is 1. The van der Waals surface area contributed by atoms with Crippen molar-refractivity contribution >= 4 is 0 Å². The molecule has 1 fully saturated rings. The Bertz CT molecular complexity index is 410. The summed E-state index contributed by atoms with van der Waals surface area (Å²) in [6.07, 6.45) is 5.40. The lowest BCUT2D eigenvalue weighted by Gasteiger charge is -2.17. The molecule has 106 valence electrons. The third kappa shape index (κ3) is 3.41. The van der Waals surface area contributed by atoms with Gasteiger partial charge >= 0.3 is 6.01 Å². The smallest absolute Gasteiger partial charge is 0.335 e. The van der Waals surface area contributed by atoms with Crippen LogP contribution in [0.2, 0.25) is 0 Å². The summed E-state index contributed by atoms with van der Waals surface area (Å²) in [5, 5.41) is 8.25. The number of hydrogen-bond acceptors (Lipinski definition) is 5. The van der Waals surface area contributed by atoms with E-state index in [1.807, 2.05) is 0 Å². The lowest BCUT2D eigenvalue weighted by molar-refractivity contribution is 0.200. The molecule has 19 heavy (non-hydrogen) atoms. The number of nitrogens with zero attached hydrogens (tertiary/aromatic N) is 3. The fourth-order valence-electron chi connectivity index (χ4n) is 2.81. The van der Waals surface area contributed by atoms with Crippen LogP contribution in [0.1, 0.15) is 44.5 Å². The van der Waals surface area contributed by atoms with Crippen LogP contribution in [0.3, 0.4) is 0 Å². The highest BCUT2D eigenvalue weighted by Gasteiger charge is 2.26. The molecule has 2 N–H and O–H groups in total. The molecule has 0 bridgehead atoms. The fraction of sp³-hybridized carbons (Fsp3) is 0.786. The first-order valence-corrected chi connectivity index (χ1v) is 7.33. The summed E-state index contributed by atoms with van der Waals surface area (Å²) in [5.41, 5.74) is 7.74. The van der Waals surface area contributed by atoms with Gasteiger partial charge in [0.2, 0.25) is 0 Å². The van der Waals surface area contributed by atoms with Gasteiger partial charge in [-0.2, -0.15) is 4.98 Å². The number of hydrogen-bond donors (Lipinski definition) is 1. The molecule has 5 heteroatoms. The van der Waals surface area contributed by atoms with Crippen molar-refractivity contribution in [3.63, 3.8) is 0 Å². The summed E-state index contributed by atoms with van der Waals surface area (Å²) in [5.74, 6) is 1.14. The van der Waals surface area contributed by atoms with Crippen LogP contribution in [-0.4, -0.2) is 28.3 Å². The van der Waals surface area contributed by atoms with Crippen LogP contribution >= 0.6 is 0 Å². The van der Waals surface area contributed by atoms with Gasteiger partial charge in [0.05, 0.1) is 18.0 Å². The molecule has 0 amide bonds. The van der Waals surface area contributed by atoms with Crippen molar-refractivity contribution in [2.24, 2.45) is 17.6 Å². The maximum atomic E-state index is 5.78. The van der Waals surface area contributed by atoms with E-state index in [9.17, 15) is 0 Å². The minimum absolute atomic E-state index is 0.414. The summed E-state index contributed by atoms with van der Waals surface area (Å²) >= 11 is 0. The molecule has 1 aromatic rings. The van der Waals surface area contributed by atoms with Gasteiger partial charge in [-0.15, -0.1) is 5.10 Å². The summed E-state index contributed by atoms with van der Waals surface area (Å²) in [6.45, 7) is 5.56. The Kier molecular flexibility index (Phi) is 5.07.